The molecule has 1 aliphatic carbocycles. The molecule has 0 N–H and O–H groups in total. The third kappa shape index (κ3) is 2.87. The molecule has 2 aliphatic heterocycles. The lowest BCUT2D eigenvalue weighted by molar-refractivity contribution is 0.0571. The number of halogens is 1. The molecule has 2 fully saturated rings. The first-order chi connectivity index (χ1) is 16.0. The number of pyridine rings is 1. The number of anilines is 1. The zero-order valence-electron chi connectivity index (χ0n) is 18.7. The van der Waals surface area contributed by atoms with Gasteiger partial charge in [0, 0.05) is 49.2 Å². The first-order valence-electron chi connectivity index (χ1n) is 11.4. The number of nitrogens with zero attached hydrogens (tertiary/aromatic N) is 8. The van der Waals surface area contributed by atoms with Gasteiger partial charge < -0.3 is 9.47 Å². The summed E-state index contributed by atoms with van der Waals surface area (Å²) in [6.45, 7) is 3.73. The zero-order valence-corrected chi connectivity index (χ0v) is 19.5. The standard InChI is InChI=1S/C24H25ClN8/c1-30-11-15-7-17(25)3-4-19(15)33-21(12-30)28-29-22(33)16-8-24(9-16)13-32(14-24)23-27-18-10-26-6-5-20(18)31(23)2/h3-7,10,16H,8-9,11-14H2,1-2H3. The summed E-state index contributed by atoms with van der Waals surface area (Å²) in [5.74, 6) is 3.59. The molecule has 33 heavy (non-hydrogen) atoms. The molecule has 8 nitrogen and oxygen atoms in total. The summed E-state index contributed by atoms with van der Waals surface area (Å²) in [5, 5.41) is 10.0. The molecule has 3 aliphatic rings. The summed E-state index contributed by atoms with van der Waals surface area (Å²) in [5.41, 5.74) is 4.84. The summed E-state index contributed by atoms with van der Waals surface area (Å²) < 4.78 is 4.47. The van der Waals surface area contributed by atoms with E-state index in [9.17, 15) is 0 Å². The molecule has 5 heterocycles. The van der Waals surface area contributed by atoms with Crippen molar-refractivity contribution in [3.8, 4) is 5.69 Å². The summed E-state index contributed by atoms with van der Waals surface area (Å²) >= 11 is 6.31. The number of aryl methyl sites for hydroxylation is 1. The van der Waals surface area contributed by atoms with Crippen molar-refractivity contribution < 1.29 is 0 Å². The Balaban J connectivity index is 1.13. The van der Waals surface area contributed by atoms with Gasteiger partial charge in [-0.25, -0.2) is 4.98 Å². The monoisotopic (exact) mass is 460 g/mol. The third-order valence-corrected chi connectivity index (χ3v) is 7.84. The summed E-state index contributed by atoms with van der Waals surface area (Å²) in [6, 6.07) is 8.19. The number of rotatable bonds is 2. The Hall–Kier alpha value is -2.97. The van der Waals surface area contributed by atoms with E-state index in [1.165, 1.54) is 11.3 Å². The highest BCUT2D eigenvalue weighted by atomic mass is 35.5. The molecule has 168 valence electrons. The van der Waals surface area contributed by atoms with Crippen LogP contribution >= 0.6 is 11.6 Å². The fraction of sp³-hybridized carbons (Fsp3) is 0.417. The first-order valence-corrected chi connectivity index (χ1v) is 11.8. The molecule has 0 amide bonds. The van der Waals surface area contributed by atoms with Gasteiger partial charge in [0.15, 0.2) is 5.82 Å². The van der Waals surface area contributed by atoms with Gasteiger partial charge >= 0.3 is 0 Å². The first kappa shape index (κ1) is 19.5. The minimum atomic E-state index is 0.359. The maximum absolute atomic E-state index is 6.31. The molecule has 3 aromatic heterocycles. The molecule has 4 aromatic rings. The van der Waals surface area contributed by atoms with Crippen molar-refractivity contribution >= 4 is 28.6 Å². The SMILES string of the molecule is CN1Cc2cc(Cl)ccc2-n2c(nnc2C2CC3(C2)CN(c2nc4cnccc4n2C)C3)C1. The smallest absolute Gasteiger partial charge is 0.206 e. The van der Waals surface area contributed by atoms with Gasteiger partial charge in [0.05, 0.1) is 23.9 Å². The van der Waals surface area contributed by atoms with Crippen molar-refractivity contribution in [2.75, 3.05) is 25.0 Å². The Morgan fingerprint density at radius 1 is 1.06 bits per heavy atom. The largest absolute Gasteiger partial charge is 0.341 e. The van der Waals surface area contributed by atoms with Crippen molar-refractivity contribution in [1.82, 2.24) is 34.2 Å². The van der Waals surface area contributed by atoms with Gasteiger partial charge in [0.1, 0.15) is 11.3 Å². The van der Waals surface area contributed by atoms with E-state index in [2.05, 4.69) is 60.3 Å². The Labute approximate surface area is 196 Å². The highest BCUT2D eigenvalue weighted by Gasteiger charge is 2.55. The number of aromatic nitrogens is 6. The van der Waals surface area contributed by atoms with Gasteiger partial charge in [-0.2, -0.15) is 0 Å². The molecule has 9 heteroatoms. The van der Waals surface area contributed by atoms with E-state index in [0.717, 1.165) is 72.7 Å². The van der Waals surface area contributed by atoms with Crippen LogP contribution in [0.2, 0.25) is 5.02 Å². The van der Waals surface area contributed by atoms with Gasteiger partial charge in [0.25, 0.3) is 0 Å². The lowest BCUT2D eigenvalue weighted by atomic mass is 9.57. The Kier molecular flexibility index (Phi) is 4.00. The number of fused-ring (bicyclic) bond motifs is 4. The summed E-state index contributed by atoms with van der Waals surface area (Å²) in [4.78, 5) is 13.7. The second-order valence-corrected chi connectivity index (χ2v) is 10.5. The van der Waals surface area contributed by atoms with Crippen LogP contribution in [0.1, 0.15) is 36.0 Å². The van der Waals surface area contributed by atoms with E-state index >= 15 is 0 Å². The molecular weight excluding hydrogens is 436 g/mol. The molecular formula is C24H25ClN8. The second-order valence-electron chi connectivity index (χ2n) is 10.1. The number of benzene rings is 1. The van der Waals surface area contributed by atoms with Gasteiger partial charge in [-0.3, -0.25) is 14.5 Å². The van der Waals surface area contributed by atoms with Crippen molar-refractivity contribution in [1.29, 1.82) is 0 Å². The highest BCUT2D eigenvalue weighted by Crippen LogP contribution is 2.56. The Morgan fingerprint density at radius 2 is 1.91 bits per heavy atom. The highest BCUT2D eigenvalue weighted by molar-refractivity contribution is 6.30. The maximum atomic E-state index is 6.31. The minimum Gasteiger partial charge on any atom is -0.341 e. The quantitative estimate of drug-likeness (QED) is 0.456. The van der Waals surface area contributed by atoms with Gasteiger partial charge in [-0.1, -0.05) is 11.6 Å². The molecule has 1 saturated heterocycles. The molecule has 7 rings (SSSR count). The van der Waals surface area contributed by atoms with Gasteiger partial charge in [0.2, 0.25) is 5.95 Å². The van der Waals surface area contributed by atoms with Crippen molar-refractivity contribution in [2.24, 2.45) is 12.5 Å². The fourth-order valence-corrected chi connectivity index (χ4v) is 6.29. The number of hydrogen-bond acceptors (Lipinski definition) is 6. The average molecular weight is 461 g/mol. The number of hydrogen-bond donors (Lipinski definition) is 0. The van der Waals surface area contributed by atoms with Crippen LogP contribution < -0.4 is 4.90 Å². The lowest BCUT2D eigenvalue weighted by Gasteiger charge is -2.59. The summed E-state index contributed by atoms with van der Waals surface area (Å²) in [6.07, 6.45) is 5.96. The van der Waals surface area contributed by atoms with Crippen LogP contribution in [0, 0.1) is 5.41 Å². The normalized spacial score (nSPS) is 19.8. The van der Waals surface area contributed by atoms with E-state index in [4.69, 9.17) is 16.6 Å². The lowest BCUT2D eigenvalue weighted by Crippen LogP contribution is -2.62. The average Bonchev–Trinajstić information content (AvgIpc) is 3.24. The minimum absolute atomic E-state index is 0.359. The van der Waals surface area contributed by atoms with E-state index in [-0.39, 0.29) is 0 Å². The van der Waals surface area contributed by atoms with E-state index in [0.29, 0.717) is 11.3 Å². The molecule has 1 spiro atoms. The molecule has 0 unspecified atom stereocenters. The van der Waals surface area contributed by atoms with Crippen LogP contribution in [0.3, 0.4) is 0 Å². The molecule has 1 saturated carbocycles. The zero-order chi connectivity index (χ0) is 22.3. The fourth-order valence-electron chi connectivity index (χ4n) is 6.10. The van der Waals surface area contributed by atoms with Gasteiger partial charge in [-0.05, 0) is 49.7 Å². The van der Waals surface area contributed by atoms with Crippen LogP contribution in [-0.2, 0) is 20.1 Å². The molecule has 0 atom stereocenters. The van der Waals surface area contributed by atoms with Crippen molar-refractivity contribution in [2.45, 2.75) is 31.8 Å². The Bertz CT molecular complexity index is 1390. The van der Waals surface area contributed by atoms with Crippen molar-refractivity contribution in [3.63, 3.8) is 0 Å². The predicted molar refractivity (Wildman–Crippen MR) is 127 cm³/mol. The molecule has 0 bridgehead atoms. The maximum Gasteiger partial charge on any atom is 0.206 e. The predicted octanol–water partition coefficient (Wildman–Crippen LogP) is 3.53. The van der Waals surface area contributed by atoms with E-state index in [1.54, 1.807) is 0 Å². The van der Waals surface area contributed by atoms with Crippen LogP contribution in [0.15, 0.2) is 36.7 Å². The number of imidazole rings is 1. The second kappa shape index (κ2) is 6.77. The molecule has 1 aromatic carbocycles. The third-order valence-electron chi connectivity index (χ3n) is 7.61. The van der Waals surface area contributed by atoms with Crippen molar-refractivity contribution in [3.05, 3.63) is 58.9 Å². The van der Waals surface area contributed by atoms with Gasteiger partial charge in [-0.15, -0.1) is 10.2 Å². The molecule has 0 radical (unpaired) electrons. The summed E-state index contributed by atoms with van der Waals surface area (Å²) in [7, 11) is 4.21. The van der Waals surface area contributed by atoms with Crippen LogP contribution in [0.5, 0.6) is 0 Å². The van der Waals surface area contributed by atoms with Crippen LogP contribution in [0.4, 0.5) is 5.95 Å². The van der Waals surface area contributed by atoms with E-state index in [1.807, 2.05) is 24.5 Å². The van der Waals surface area contributed by atoms with Crippen LogP contribution in [-0.4, -0.2) is 54.3 Å². The van der Waals surface area contributed by atoms with E-state index < -0.39 is 0 Å². The van der Waals surface area contributed by atoms with Crippen LogP contribution in [0.25, 0.3) is 16.7 Å². The topological polar surface area (TPSA) is 67.9 Å². The Morgan fingerprint density at radius 3 is 2.73 bits per heavy atom.